The van der Waals surface area contributed by atoms with E-state index in [0.717, 1.165) is 16.6 Å². The highest BCUT2D eigenvalue weighted by Gasteiger charge is 2.02. The van der Waals surface area contributed by atoms with Crippen LogP contribution in [0.25, 0.3) is 0 Å². The van der Waals surface area contributed by atoms with Crippen molar-refractivity contribution in [3.8, 4) is 0 Å². The van der Waals surface area contributed by atoms with Crippen LogP contribution in [0.3, 0.4) is 0 Å². The molecule has 3 heteroatoms. The van der Waals surface area contributed by atoms with Crippen molar-refractivity contribution in [2.75, 3.05) is 14.1 Å². The molecule has 13 heavy (non-hydrogen) atoms. The Morgan fingerprint density at radius 2 is 2.08 bits per heavy atom. The molecule has 0 fully saturated rings. The largest absolute Gasteiger partial charge is 0.392 e. The van der Waals surface area contributed by atoms with Crippen LogP contribution in [0.2, 0.25) is 0 Å². The van der Waals surface area contributed by atoms with E-state index in [2.05, 4.69) is 20.8 Å². The first-order valence-corrected chi connectivity index (χ1v) is 4.95. The monoisotopic (exact) mass is 243 g/mol. The van der Waals surface area contributed by atoms with Gasteiger partial charge in [0.2, 0.25) is 0 Å². The average molecular weight is 244 g/mol. The molecule has 2 nitrogen and oxygen atoms in total. The molecule has 0 saturated carbocycles. The van der Waals surface area contributed by atoms with Crippen LogP contribution < -0.4 is 0 Å². The second-order valence-corrected chi connectivity index (χ2v) is 4.18. The van der Waals surface area contributed by atoms with Gasteiger partial charge in [-0.05, 0) is 31.3 Å². The van der Waals surface area contributed by atoms with E-state index in [0.29, 0.717) is 0 Å². The molecule has 0 unspecified atom stereocenters. The van der Waals surface area contributed by atoms with E-state index in [4.69, 9.17) is 5.11 Å². The Morgan fingerprint density at radius 1 is 1.38 bits per heavy atom. The molecule has 0 heterocycles. The van der Waals surface area contributed by atoms with Crippen LogP contribution in [-0.4, -0.2) is 24.1 Å². The maximum absolute atomic E-state index is 8.96. The standard InChI is InChI=1S/C10H14BrNO/c1-12(2)6-9-5-8(7-13)3-4-10(9)11/h3-5,13H,6-7H2,1-2H3. The van der Waals surface area contributed by atoms with E-state index in [1.54, 1.807) is 0 Å². The summed E-state index contributed by atoms with van der Waals surface area (Å²) in [6, 6.07) is 5.91. The maximum Gasteiger partial charge on any atom is 0.0681 e. The van der Waals surface area contributed by atoms with Gasteiger partial charge in [-0.1, -0.05) is 28.1 Å². The van der Waals surface area contributed by atoms with Gasteiger partial charge in [0.15, 0.2) is 0 Å². The highest BCUT2D eigenvalue weighted by atomic mass is 79.9. The van der Waals surface area contributed by atoms with Crippen molar-refractivity contribution >= 4 is 15.9 Å². The van der Waals surface area contributed by atoms with Gasteiger partial charge < -0.3 is 10.0 Å². The Kier molecular flexibility index (Phi) is 3.90. The van der Waals surface area contributed by atoms with E-state index >= 15 is 0 Å². The zero-order valence-corrected chi connectivity index (χ0v) is 9.50. The lowest BCUT2D eigenvalue weighted by atomic mass is 10.1. The van der Waals surface area contributed by atoms with Crippen molar-refractivity contribution in [1.82, 2.24) is 4.90 Å². The summed E-state index contributed by atoms with van der Waals surface area (Å²) < 4.78 is 1.10. The number of aliphatic hydroxyl groups excluding tert-OH is 1. The molecule has 1 rings (SSSR count). The fraction of sp³-hybridized carbons (Fsp3) is 0.400. The molecule has 0 atom stereocenters. The number of aliphatic hydroxyl groups is 1. The van der Waals surface area contributed by atoms with Crippen molar-refractivity contribution < 1.29 is 5.11 Å². The van der Waals surface area contributed by atoms with E-state index in [9.17, 15) is 0 Å². The Labute approximate surface area is 87.3 Å². The van der Waals surface area contributed by atoms with Gasteiger partial charge in [0.05, 0.1) is 6.61 Å². The number of halogens is 1. The topological polar surface area (TPSA) is 23.5 Å². The van der Waals surface area contributed by atoms with Crippen molar-refractivity contribution in [2.24, 2.45) is 0 Å². The molecular formula is C10H14BrNO. The number of benzene rings is 1. The number of rotatable bonds is 3. The van der Waals surface area contributed by atoms with Crippen molar-refractivity contribution in [3.05, 3.63) is 33.8 Å². The summed E-state index contributed by atoms with van der Waals surface area (Å²) in [5.74, 6) is 0. The SMILES string of the molecule is CN(C)Cc1cc(CO)ccc1Br. The molecule has 72 valence electrons. The number of hydrogen-bond acceptors (Lipinski definition) is 2. The molecule has 0 aliphatic rings. The molecule has 0 radical (unpaired) electrons. The van der Waals surface area contributed by atoms with Crippen LogP contribution in [0.4, 0.5) is 0 Å². The summed E-state index contributed by atoms with van der Waals surface area (Å²) in [5, 5.41) is 8.96. The summed E-state index contributed by atoms with van der Waals surface area (Å²) in [6.07, 6.45) is 0. The predicted molar refractivity (Wildman–Crippen MR) is 57.5 cm³/mol. The molecule has 1 aromatic carbocycles. The van der Waals surface area contributed by atoms with E-state index in [-0.39, 0.29) is 6.61 Å². The third kappa shape index (κ3) is 3.10. The third-order valence-electron chi connectivity index (χ3n) is 1.78. The molecule has 0 spiro atoms. The van der Waals surface area contributed by atoms with Crippen molar-refractivity contribution in [2.45, 2.75) is 13.2 Å². The van der Waals surface area contributed by atoms with E-state index < -0.39 is 0 Å². The van der Waals surface area contributed by atoms with Gasteiger partial charge in [0.1, 0.15) is 0 Å². The quantitative estimate of drug-likeness (QED) is 0.879. The minimum Gasteiger partial charge on any atom is -0.392 e. The molecule has 0 aliphatic carbocycles. The first kappa shape index (κ1) is 10.7. The van der Waals surface area contributed by atoms with Gasteiger partial charge in [-0.3, -0.25) is 0 Å². The zero-order chi connectivity index (χ0) is 9.84. The number of hydrogen-bond donors (Lipinski definition) is 1. The van der Waals surface area contributed by atoms with Gasteiger partial charge in [0.25, 0.3) is 0 Å². The molecule has 0 amide bonds. The van der Waals surface area contributed by atoms with Gasteiger partial charge in [0, 0.05) is 11.0 Å². The maximum atomic E-state index is 8.96. The molecule has 0 saturated heterocycles. The third-order valence-corrected chi connectivity index (χ3v) is 2.55. The van der Waals surface area contributed by atoms with Crippen LogP contribution in [-0.2, 0) is 13.2 Å². The van der Waals surface area contributed by atoms with Crippen LogP contribution in [0.1, 0.15) is 11.1 Å². The lowest BCUT2D eigenvalue weighted by molar-refractivity contribution is 0.281. The van der Waals surface area contributed by atoms with Crippen molar-refractivity contribution in [1.29, 1.82) is 0 Å². The fourth-order valence-corrected chi connectivity index (χ4v) is 1.56. The molecule has 0 aromatic heterocycles. The lowest BCUT2D eigenvalue weighted by Gasteiger charge is -2.12. The minimum atomic E-state index is 0.105. The highest BCUT2D eigenvalue weighted by molar-refractivity contribution is 9.10. The molecular weight excluding hydrogens is 230 g/mol. The lowest BCUT2D eigenvalue weighted by Crippen LogP contribution is -2.11. The summed E-state index contributed by atoms with van der Waals surface area (Å²) in [4.78, 5) is 2.10. The number of nitrogens with zero attached hydrogens (tertiary/aromatic N) is 1. The molecule has 0 aliphatic heterocycles. The van der Waals surface area contributed by atoms with Gasteiger partial charge in [-0.15, -0.1) is 0 Å². The van der Waals surface area contributed by atoms with Gasteiger partial charge in [-0.2, -0.15) is 0 Å². The Hall–Kier alpha value is -0.380. The minimum absolute atomic E-state index is 0.105. The first-order chi connectivity index (χ1) is 6.13. The molecule has 1 aromatic rings. The highest BCUT2D eigenvalue weighted by Crippen LogP contribution is 2.19. The average Bonchev–Trinajstić information content (AvgIpc) is 2.08. The predicted octanol–water partition coefficient (Wildman–Crippen LogP) is 2.00. The molecule has 0 bridgehead atoms. The molecule has 1 N–H and O–H groups in total. The first-order valence-electron chi connectivity index (χ1n) is 4.16. The van der Waals surface area contributed by atoms with Gasteiger partial charge in [-0.25, -0.2) is 0 Å². The van der Waals surface area contributed by atoms with Gasteiger partial charge >= 0.3 is 0 Å². The van der Waals surface area contributed by atoms with Crippen LogP contribution >= 0.6 is 15.9 Å². The summed E-state index contributed by atoms with van der Waals surface area (Å²) in [6.45, 7) is 0.988. The second-order valence-electron chi connectivity index (χ2n) is 3.32. The van der Waals surface area contributed by atoms with E-state index in [1.807, 2.05) is 32.3 Å². The van der Waals surface area contributed by atoms with Crippen LogP contribution in [0, 0.1) is 0 Å². The summed E-state index contributed by atoms with van der Waals surface area (Å²) in [5.41, 5.74) is 2.16. The Bertz CT molecular complexity index is 286. The second kappa shape index (κ2) is 4.74. The van der Waals surface area contributed by atoms with E-state index in [1.165, 1.54) is 5.56 Å². The smallest absolute Gasteiger partial charge is 0.0681 e. The normalized spacial score (nSPS) is 10.8. The van der Waals surface area contributed by atoms with Crippen molar-refractivity contribution in [3.63, 3.8) is 0 Å². The van der Waals surface area contributed by atoms with Crippen LogP contribution in [0.15, 0.2) is 22.7 Å². The summed E-state index contributed by atoms with van der Waals surface area (Å²) >= 11 is 3.48. The Morgan fingerprint density at radius 3 is 2.62 bits per heavy atom. The fourth-order valence-electron chi connectivity index (χ4n) is 1.19. The summed E-state index contributed by atoms with van der Waals surface area (Å²) in [7, 11) is 4.05. The Balaban J connectivity index is 2.90. The zero-order valence-electron chi connectivity index (χ0n) is 7.92. The van der Waals surface area contributed by atoms with Crippen LogP contribution in [0.5, 0.6) is 0 Å².